The lowest BCUT2D eigenvalue weighted by Gasteiger charge is -2.18. The summed E-state index contributed by atoms with van der Waals surface area (Å²) in [6.45, 7) is 0.174. The fourth-order valence-electron chi connectivity index (χ4n) is 1.65. The molecule has 0 spiro atoms. The van der Waals surface area contributed by atoms with Gasteiger partial charge in [0, 0.05) is 39.3 Å². The SMILES string of the molecule is CN(C)C(=O)c1ccc(N(C)CCO)c([N+](=O)[O-])c1. The Bertz CT molecular complexity index is 488. The number of anilines is 1. The van der Waals surface area contributed by atoms with Crippen molar-refractivity contribution in [1.29, 1.82) is 0 Å². The number of carbonyl (C=O) groups is 1. The molecule has 0 heterocycles. The van der Waals surface area contributed by atoms with Crippen molar-refractivity contribution in [2.45, 2.75) is 0 Å². The van der Waals surface area contributed by atoms with Crippen LogP contribution in [0.2, 0.25) is 0 Å². The minimum Gasteiger partial charge on any atom is -0.395 e. The Labute approximate surface area is 111 Å². The van der Waals surface area contributed by atoms with Crippen LogP contribution in [0, 0.1) is 10.1 Å². The number of nitro groups is 1. The maximum Gasteiger partial charge on any atom is 0.293 e. The first kappa shape index (κ1) is 14.9. The Hall–Kier alpha value is -2.15. The van der Waals surface area contributed by atoms with Crippen LogP contribution in [0.25, 0.3) is 0 Å². The zero-order chi connectivity index (χ0) is 14.6. The number of aliphatic hydroxyl groups excluding tert-OH is 1. The van der Waals surface area contributed by atoms with Crippen LogP contribution in [0.5, 0.6) is 0 Å². The summed E-state index contributed by atoms with van der Waals surface area (Å²) < 4.78 is 0. The van der Waals surface area contributed by atoms with E-state index in [1.54, 1.807) is 32.1 Å². The van der Waals surface area contributed by atoms with Gasteiger partial charge in [-0.05, 0) is 12.1 Å². The van der Waals surface area contributed by atoms with Gasteiger partial charge >= 0.3 is 0 Å². The number of aliphatic hydroxyl groups is 1. The van der Waals surface area contributed by atoms with E-state index in [0.717, 1.165) is 0 Å². The quantitative estimate of drug-likeness (QED) is 0.627. The molecule has 0 aliphatic heterocycles. The zero-order valence-electron chi connectivity index (χ0n) is 11.2. The Balaban J connectivity index is 3.22. The third-order valence-corrected chi connectivity index (χ3v) is 2.67. The van der Waals surface area contributed by atoms with Gasteiger partial charge in [-0.2, -0.15) is 0 Å². The van der Waals surface area contributed by atoms with Crippen molar-refractivity contribution in [3.8, 4) is 0 Å². The average Bonchev–Trinajstić information content (AvgIpc) is 2.37. The molecule has 0 aromatic heterocycles. The highest BCUT2D eigenvalue weighted by Crippen LogP contribution is 2.28. The normalized spacial score (nSPS) is 10.1. The molecular formula is C12H17N3O4. The molecule has 19 heavy (non-hydrogen) atoms. The van der Waals surface area contributed by atoms with Crippen LogP contribution in [0.15, 0.2) is 18.2 Å². The first-order valence-electron chi connectivity index (χ1n) is 5.70. The van der Waals surface area contributed by atoms with E-state index in [9.17, 15) is 14.9 Å². The van der Waals surface area contributed by atoms with Gasteiger partial charge in [0.05, 0.1) is 11.5 Å². The van der Waals surface area contributed by atoms with Gasteiger partial charge in [-0.1, -0.05) is 0 Å². The molecule has 0 saturated heterocycles. The zero-order valence-corrected chi connectivity index (χ0v) is 11.2. The molecule has 1 aromatic rings. The summed E-state index contributed by atoms with van der Waals surface area (Å²) in [5, 5.41) is 19.9. The molecule has 1 aromatic carbocycles. The van der Waals surface area contributed by atoms with Gasteiger partial charge in [-0.3, -0.25) is 14.9 Å². The molecule has 0 aliphatic rings. The highest BCUT2D eigenvalue weighted by molar-refractivity contribution is 5.95. The number of amides is 1. The molecule has 0 saturated carbocycles. The van der Waals surface area contributed by atoms with Crippen LogP contribution in [0.4, 0.5) is 11.4 Å². The molecule has 7 nitrogen and oxygen atoms in total. The van der Waals surface area contributed by atoms with Crippen LogP contribution < -0.4 is 4.90 Å². The molecular weight excluding hydrogens is 250 g/mol. The molecule has 0 radical (unpaired) electrons. The van der Waals surface area contributed by atoms with E-state index in [1.807, 2.05) is 0 Å². The van der Waals surface area contributed by atoms with Crippen LogP contribution in [0.1, 0.15) is 10.4 Å². The molecule has 1 N–H and O–H groups in total. The van der Waals surface area contributed by atoms with Crippen molar-refractivity contribution >= 4 is 17.3 Å². The van der Waals surface area contributed by atoms with Crippen LogP contribution in [-0.4, -0.2) is 55.1 Å². The number of nitro benzene ring substituents is 1. The summed E-state index contributed by atoms with van der Waals surface area (Å²) in [4.78, 5) is 25.2. The second-order valence-corrected chi connectivity index (χ2v) is 4.31. The lowest BCUT2D eigenvalue weighted by molar-refractivity contribution is -0.384. The molecule has 0 aliphatic carbocycles. The van der Waals surface area contributed by atoms with Gasteiger partial charge < -0.3 is 14.9 Å². The largest absolute Gasteiger partial charge is 0.395 e. The number of hydrogen-bond donors (Lipinski definition) is 1. The number of rotatable bonds is 5. The summed E-state index contributed by atoms with van der Waals surface area (Å²) in [6, 6.07) is 4.31. The van der Waals surface area contributed by atoms with E-state index in [4.69, 9.17) is 5.11 Å². The Morgan fingerprint density at radius 2 is 2.00 bits per heavy atom. The second kappa shape index (κ2) is 6.14. The van der Waals surface area contributed by atoms with Gasteiger partial charge in [0.25, 0.3) is 11.6 Å². The third-order valence-electron chi connectivity index (χ3n) is 2.67. The van der Waals surface area contributed by atoms with Crippen molar-refractivity contribution in [3.05, 3.63) is 33.9 Å². The first-order chi connectivity index (χ1) is 8.88. The minimum atomic E-state index is -0.532. The highest BCUT2D eigenvalue weighted by atomic mass is 16.6. The monoisotopic (exact) mass is 267 g/mol. The van der Waals surface area contributed by atoms with E-state index >= 15 is 0 Å². The van der Waals surface area contributed by atoms with E-state index in [-0.39, 0.29) is 30.3 Å². The number of likely N-dealkylation sites (N-methyl/N-ethyl adjacent to an activating group) is 1. The summed E-state index contributed by atoms with van der Waals surface area (Å²) in [6.07, 6.45) is 0. The summed E-state index contributed by atoms with van der Waals surface area (Å²) >= 11 is 0. The molecule has 1 amide bonds. The van der Waals surface area contributed by atoms with Crippen molar-refractivity contribution in [2.24, 2.45) is 0 Å². The van der Waals surface area contributed by atoms with Crippen LogP contribution >= 0.6 is 0 Å². The molecule has 104 valence electrons. The third kappa shape index (κ3) is 3.41. The van der Waals surface area contributed by atoms with E-state index in [2.05, 4.69) is 0 Å². The van der Waals surface area contributed by atoms with Crippen LogP contribution in [0.3, 0.4) is 0 Å². The van der Waals surface area contributed by atoms with Crippen molar-refractivity contribution in [1.82, 2.24) is 4.90 Å². The van der Waals surface area contributed by atoms with E-state index < -0.39 is 4.92 Å². The predicted molar refractivity (Wildman–Crippen MR) is 71.5 cm³/mol. The first-order valence-corrected chi connectivity index (χ1v) is 5.70. The fraction of sp³-hybridized carbons (Fsp3) is 0.417. The second-order valence-electron chi connectivity index (χ2n) is 4.31. The lowest BCUT2D eigenvalue weighted by Crippen LogP contribution is -2.24. The van der Waals surface area contributed by atoms with E-state index in [1.165, 1.54) is 17.0 Å². The summed E-state index contributed by atoms with van der Waals surface area (Å²) in [5.41, 5.74) is 0.482. The van der Waals surface area contributed by atoms with Crippen LogP contribution in [-0.2, 0) is 0 Å². The molecule has 0 atom stereocenters. The van der Waals surface area contributed by atoms with E-state index in [0.29, 0.717) is 5.69 Å². The van der Waals surface area contributed by atoms with Gasteiger partial charge in [-0.15, -0.1) is 0 Å². The maximum absolute atomic E-state index is 11.8. The molecule has 0 bridgehead atoms. The number of benzene rings is 1. The predicted octanol–water partition coefficient (Wildman–Crippen LogP) is 0.725. The fourth-order valence-corrected chi connectivity index (χ4v) is 1.65. The standard InChI is InChI=1S/C12H17N3O4/c1-13(2)12(17)9-4-5-10(14(3)6-7-16)11(8-9)15(18)19/h4-5,8,16H,6-7H2,1-3H3. The average molecular weight is 267 g/mol. The van der Waals surface area contributed by atoms with Crippen molar-refractivity contribution in [2.75, 3.05) is 39.2 Å². The van der Waals surface area contributed by atoms with Gasteiger partial charge in [-0.25, -0.2) is 0 Å². The van der Waals surface area contributed by atoms with Gasteiger partial charge in [0.2, 0.25) is 0 Å². The van der Waals surface area contributed by atoms with Crippen molar-refractivity contribution in [3.63, 3.8) is 0 Å². The molecule has 0 fully saturated rings. The Morgan fingerprint density at radius 1 is 1.37 bits per heavy atom. The lowest BCUT2D eigenvalue weighted by atomic mass is 10.1. The Morgan fingerprint density at radius 3 is 2.47 bits per heavy atom. The highest BCUT2D eigenvalue weighted by Gasteiger charge is 2.20. The maximum atomic E-state index is 11.8. The van der Waals surface area contributed by atoms with Gasteiger partial charge in [0.15, 0.2) is 0 Å². The summed E-state index contributed by atoms with van der Waals surface area (Å²) in [7, 11) is 4.81. The Kier molecular flexibility index (Phi) is 4.82. The number of nitrogens with zero attached hydrogens (tertiary/aromatic N) is 3. The molecule has 7 heteroatoms. The number of hydrogen-bond acceptors (Lipinski definition) is 5. The number of carbonyl (C=O) groups excluding carboxylic acids is 1. The van der Waals surface area contributed by atoms with Crippen molar-refractivity contribution < 1.29 is 14.8 Å². The summed E-state index contributed by atoms with van der Waals surface area (Å²) in [5.74, 6) is -0.292. The van der Waals surface area contributed by atoms with Gasteiger partial charge in [0.1, 0.15) is 5.69 Å². The molecule has 0 unspecified atom stereocenters. The minimum absolute atomic E-state index is 0.105. The molecule has 1 rings (SSSR count). The smallest absolute Gasteiger partial charge is 0.293 e. The topological polar surface area (TPSA) is 86.9 Å².